The van der Waals surface area contributed by atoms with Crippen molar-refractivity contribution in [3.05, 3.63) is 0 Å². The Balaban J connectivity index is 0.00000220. The fourth-order valence-electron chi connectivity index (χ4n) is 3.30. The van der Waals surface area contributed by atoms with Crippen molar-refractivity contribution in [1.29, 1.82) is 0 Å². The average molecular weight is 341 g/mol. The molecular weight excluding hydrogens is 315 g/mol. The van der Waals surface area contributed by atoms with Crippen LogP contribution in [-0.2, 0) is 9.36 Å². The molecule has 2 fully saturated rings. The van der Waals surface area contributed by atoms with E-state index >= 15 is 0 Å². The van der Waals surface area contributed by atoms with Gasteiger partial charge < -0.3 is 20.0 Å². The minimum absolute atomic E-state index is 0. The number of likely N-dealkylation sites (tertiary alicyclic amines) is 1. The number of nitrogens with zero attached hydrogens (tertiary/aromatic N) is 1. The summed E-state index contributed by atoms with van der Waals surface area (Å²) >= 11 is 0. The van der Waals surface area contributed by atoms with E-state index in [-0.39, 0.29) is 24.4 Å². The van der Waals surface area contributed by atoms with Crippen molar-refractivity contribution in [2.24, 2.45) is 0 Å². The molecule has 6 nitrogen and oxygen atoms in total. The molecule has 1 saturated heterocycles. The van der Waals surface area contributed by atoms with Gasteiger partial charge in [0.15, 0.2) is 0 Å². The Labute approximate surface area is 132 Å². The monoisotopic (exact) mass is 340 g/mol. The quantitative estimate of drug-likeness (QED) is 0.679. The molecule has 1 amide bonds. The lowest BCUT2D eigenvalue weighted by atomic mass is 9.95. The number of carbonyl (C=O) groups excluding carboxylic acids is 1. The van der Waals surface area contributed by atoms with Gasteiger partial charge in [-0.3, -0.25) is 9.36 Å². The lowest BCUT2D eigenvalue weighted by Crippen LogP contribution is -2.50. The van der Waals surface area contributed by atoms with Crippen LogP contribution in [-0.4, -0.2) is 45.0 Å². The highest BCUT2D eigenvalue weighted by Gasteiger charge is 2.41. The minimum Gasteiger partial charge on any atom is -0.327 e. The molecule has 21 heavy (non-hydrogen) atoms. The Kier molecular flexibility index (Phi) is 7.14. The third-order valence-corrected chi connectivity index (χ3v) is 5.67. The molecule has 0 aromatic rings. The van der Waals surface area contributed by atoms with E-state index in [1.807, 2.05) is 0 Å². The zero-order valence-corrected chi connectivity index (χ0v) is 14.1. The van der Waals surface area contributed by atoms with E-state index in [9.17, 15) is 19.1 Å². The summed E-state index contributed by atoms with van der Waals surface area (Å²) in [7, 11) is -4.23. The van der Waals surface area contributed by atoms with Crippen LogP contribution >= 0.6 is 20.0 Å². The molecule has 2 rings (SSSR count). The highest BCUT2D eigenvalue weighted by Crippen LogP contribution is 2.47. The molecule has 0 spiro atoms. The summed E-state index contributed by atoms with van der Waals surface area (Å²) < 4.78 is 11.4. The molecule has 1 heterocycles. The third-order valence-electron chi connectivity index (χ3n) is 4.35. The van der Waals surface area contributed by atoms with Crippen molar-refractivity contribution in [3.8, 4) is 0 Å². The van der Waals surface area contributed by atoms with E-state index in [4.69, 9.17) is 0 Å². The number of halogens is 1. The lowest BCUT2D eigenvalue weighted by molar-refractivity contribution is -0.133. The molecule has 3 N–H and O–H groups in total. The highest BCUT2D eigenvalue weighted by atomic mass is 35.5. The molecule has 0 unspecified atom stereocenters. The Morgan fingerprint density at radius 3 is 2.38 bits per heavy atom. The van der Waals surface area contributed by atoms with Crippen LogP contribution in [0.5, 0.6) is 0 Å². The molecule has 0 aromatic carbocycles. The SMILES string of the molecule is C[C@H](NC1CCCCC1)C(=O)N1CCC[C@@H]1P(=O)(O)O.Cl. The summed E-state index contributed by atoms with van der Waals surface area (Å²) in [5.74, 6) is -1.10. The zero-order chi connectivity index (χ0) is 14.8. The molecule has 1 aliphatic carbocycles. The number of hydrogen-bond acceptors (Lipinski definition) is 3. The van der Waals surface area contributed by atoms with Crippen molar-refractivity contribution in [2.45, 2.75) is 69.7 Å². The summed E-state index contributed by atoms with van der Waals surface area (Å²) in [6.07, 6.45) is 6.86. The van der Waals surface area contributed by atoms with E-state index in [1.165, 1.54) is 24.2 Å². The second-order valence-corrected chi connectivity index (χ2v) is 7.74. The predicted molar refractivity (Wildman–Crippen MR) is 83.5 cm³/mol. The van der Waals surface area contributed by atoms with Gasteiger partial charge in [0.05, 0.1) is 6.04 Å². The summed E-state index contributed by atoms with van der Waals surface area (Å²) in [4.78, 5) is 32.4. The number of rotatable bonds is 4. The van der Waals surface area contributed by atoms with Crippen molar-refractivity contribution < 1.29 is 19.1 Å². The molecule has 2 atom stereocenters. The van der Waals surface area contributed by atoms with Gasteiger partial charge in [0.2, 0.25) is 5.91 Å². The van der Waals surface area contributed by atoms with E-state index < -0.39 is 13.4 Å². The van der Waals surface area contributed by atoms with Crippen LogP contribution in [0, 0.1) is 0 Å². The first-order chi connectivity index (χ1) is 9.39. The first-order valence-electron chi connectivity index (χ1n) is 7.51. The van der Waals surface area contributed by atoms with Gasteiger partial charge in [0.1, 0.15) is 5.78 Å². The van der Waals surface area contributed by atoms with Gasteiger partial charge in [0, 0.05) is 12.6 Å². The topological polar surface area (TPSA) is 89.9 Å². The molecule has 1 aliphatic heterocycles. The largest absolute Gasteiger partial charge is 0.347 e. The van der Waals surface area contributed by atoms with Crippen LogP contribution < -0.4 is 5.32 Å². The van der Waals surface area contributed by atoms with E-state index in [2.05, 4.69) is 5.32 Å². The van der Waals surface area contributed by atoms with Crippen molar-refractivity contribution in [3.63, 3.8) is 0 Å². The summed E-state index contributed by atoms with van der Waals surface area (Å²) in [5, 5.41) is 3.32. The Bertz CT molecular complexity index is 398. The summed E-state index contributed by atoms with van der Waals surface area (Å²) in [6, 6.07) is -0.0101. The lowest BCUT2D eigenvalue weighted by Gasteiger charge is -2.31. The summed E-state index contributed by atoms with van der Waals surface area (Å²) in [6.45, 7) is 2.25. The first kappa shape index (κ1) is 18.9. The van der Waals surface area contributed by atoms with Gasteiger partial charge in [-0.2, -0.15) is 0 Å². The number of amides is 1. The fraction of sp³-hybridized carbons (Fsp3) is 0.923. The van der Waals surface area contributed by atoms with Crippen LogP contribution in [0.2, 0.25) is 0 Å². The zero-order valence-electron chi connectivity index (χ0n) is 12.4. The van der Waals surface area contributed by atoms with Crippen LogP contribution in [0.25, 0.3) is 0 Å². The van der Waals surface area contributed by atoms with Crippen LogP contribution in [0.3, 0.4) is 0 Å². The average Bonchev–Trinajstić information content (AvgIpc) is 2.88. The van der Waals surface area contributed by atoms with Crippen molar-refractivity contribution in [2.75, 3.05) is 6.54 Å². The van der Waals surface area contributed by atoms with Crippen LogP contribution in [0.15, 0.2) is 0 Å². The second kappa shape index (κ2) is 7.93. The number of nitrogens with one attached hydrogen (secondary N) is 1. The second-order valence-electron chi connectivity index (χ2n) is 5.97. The van der Waals surface area contributed by atoms with Crippen molar-refractivity contribution >= 4 is 25.9 Å². The van der Waals surface area contributed by atoms with E-state index in [0.717, 1.165) is 12.8 Å². The molecule has 0 radical (unpaired) electrons. The van der Waals surface area contributed by atoms with Crippen LogP contribution in [0.1, 0.15) is 51.9 Å². The van der Waals surface area contributed by atoms with E-state index in [0.29, 0.717) is 25.4 Å². The first-order valence-corrected chi connectivity index (χ1v) is 9.19. The molecule has 2 aliphatic rings. The van der Waals surface area contributed by atoms with Gasteiger partial charge in [-0.25, -0.2) is 0 Å². The smallest absolute Gasteiger partial charge is 0.327 e. The Morgan fingerprint density at radius 1 is 1.19 bits per heavy atom. The molecule has 8 heteroatoms. The number of carbonyl (C=O) groups is 1. The maximum absolute atomic E-state index is 12.4. The van der Waals surface area contributed by atoms with Gasteiger partial charge in [-0.15, -0.1) is 12.4 Å². The van der Waals surface area contributed by atoms with Crippen molar-refractivity contribution in [1.82, 2.24) is 10.2 Å². The molecule has 0 aromatic heterocycles. The fourth-order valence-corrected chi connectivity index (χ4v) is 4.41. The summed E-state index contributed by atoms with van der Waals surface area (Å²) in [5.41, 5.74) is 0. The van der Waals surface area contributed by atoms with Crippen LogP contribution in [0.4, 0.5) is 0 Å². The Morgan fingerprint density at radius 2 is 1.81 bits per heavy atom. The highest BCUT2D eigenvalue weighted by molar-refractivity contribution is 7.52. The van der Waals surface area contributed by atoms with Gasteiger partial charge in [-0.1, -0.05) is 19.3 Å². The molecular formula is C13H26ClN2O4P. The maximum atomic E-state index is 12.4. The normalized spacial score (nSPS) is 25.5. The standard InChI is InChI=1S/C13H25N2O4P.ClH/c1-10(14-11-6-3-2-4-7-11)13(16)15-9-5-8-12(15)20(17,18)19;/h10-12,14H,2-9H2,1H3,(H2,17,18,19);1H/t10-,12-;/m0./s1. The minimum atomic E-state index is -4.23. The van der Waals surface area contributed by atoms with Gasteiger partial charge in [0.25, 0.3) is 0 Å². The number of hydrogen-bond donors (Lipinski definition) is 3. The molecule has 1 saturated carbocycles. The molecule has 124 valence electrons. The Hall–Kier alpha value is -0.130. The predicted octanol–water partition coefficient (Wildman–Crippen LogP) is 1.85. The third kappa shape index (κ3) is 4.93. The van der Waals surface area contributed by atoms with Gasteiger partial charge in [-0.05, 0) is 32.6 Å². The molecule has 0 bridgehead atoms. The van der Waals surface area contributed by atoms with Gasteiger partial charge >= 0.3 is 7.60 Å². The van der Waals surface area contributed by atoms with E-state index in [1.54, 1.807) is 6.92 Å². The maximum Gasteiger partial charge on any atom is 0.347 e.